The zero-order chi connectivity index (χ0) is 19.0. The van der Waals surface area contributed by atoms with Crippen molar-refractivity contribution >= 4 is 29.2 Å². The number of aromatic hydroxyl groups is 1. The highest BCUT2D eigenvalue weighted by atomic mass is 16.3. The number of anilines is 1. The number of benzene rings is 3. The minimum atomic E-state index is -0.364. The molecular weight excluding hydrogens is 338 g/mol. The van der Waals surface area contributed by atoms with Crippen LogP contribution in [0.1, 0.15) is 27.0 Å². The maximum atomic E-state index is 13.3. The Labute approximate surface area is 157 Å². The van der Waals surface area contributed by atoms with E-state index in [9.17, 15) is 14.7 Å². The van der Waals surface area contributed by atoms with E-state index >= 15 is 0 Å². The molecule has 3 aromatic rings. The Bertz CT molecular complexity index is 1080. The van der Waals surface area contributed by atoms with E-state index < -0.39 is 0 Å². The quantitative estimate of drug-likeness (QED) is 0.546. The lowest BCUT2D eigenvalue weighted by atomic mass is 9.91. The van der Waals surface area contributed by atoms with Crippen molar-refractivity contribution in [3.05, 3.63) is 95.1 Å². The van der Waals surface area contributed by atoms with Crippen molar-refractivity contribution in [3.63, 3.8) is 0 Å². The Morgan fingerprint density at radius 1 is 0.815 bits per heavy atom. The van der Waals surface area contributed by atoms with Crippen LogP contribution < -0.4 is 4.90 Å². The summed E-state index contributed by atoms with van der Waals surface area (Å²) in [5, 5.41) is 9.48. The second-order valence-corrected chi connectivity index (χ2v) is 6.48. The van der Waals surface area contributed by atoms with E-state index in [4.69, 9.17) is 0 Å². The Balaban J connectivity index is 1.90. The van der Waals surface area contributed by atoms with Gasteiger partial charge in [0, 0.05) is 11.1 Å². The number of hydrogen-bond donors (Lipinski definition) is 1. The largest absolute Gasteiger partial charge is 0.508 e. The number of fused-ring (bicyclic) bond motifs is 1. The monoisotopic (exact) mass is 355 g/mol. The standard InChI is InChI=1S/C23H17NO3/c1-15-5-4-6-17(13-15)24-22(26)20-8-3-2-7-19(20)21(23(24)27)14-16-9-11-18(25)12-10-16/h2-14,25H,1H3. The van der Waals surface area contributed by atoms with Crippen LogP contribution in [0.5, 0.6) is 5.75 Å². The molecule has 0 saturated carbocycles. The van der Waals surface area contributed by atoms with Crippen molar-refractivity contribution in [3.8, 4) is 5.75 Å². The van der Waals surface area contributed by atoms with Gasteiger partial charge in [-0.25, -0.2) is 4.90 Å². The Morgan fingerprint density at radius 2 is 1.52 bits per heavy atom. The maximum Gasteiger partial charge on any atom is 0.265 e. The number of rotatable bonds is 2. The number of aryl methyl sites for hydroxylation is 1. The van der Waals surface area contributed by atoms with E-state index in [1.54, 1.807) is 54.6 Å². The normalized spacial score (nSPS) is 15.1. The van der Waals surface area contributed by atoms with Gasteiger partial charge in [0.15, 0.2) is 0 Å². The van der Waals surface area contributed by atoms with Gasteiger partial charge in [0.2, 0.25) is 0 Å². The zero-order valence-corrected chi connectivity index (χ0v) is 14.7. The first-order valence-electron chi connectivity index (χ1n) is 8.60. The number of hydrogen-bond acceptors (Lipinski definition) is 3. The van der Waals surface area contributed by atoms with Gasteiger partial charge in [0.05, 0.1) is 5.69 Å². The van der Waals surface area contributed by atoms with Gasteiger partial charge >= 0.3 is 0 Å². The number of nitrogens with zero attached hydrogens (tertiary/aromatic N) is 1. The van der Waals surface area contributed by atoms with Crippen molar-refractivity contribution in [2.24, 2.45) is 0 Å². The molecule has 0 bridgehead atoms. The summed E-state index contributed by atoms with van der Waals surface area (Å²) in [4.78, 5) is 27.5. The minimum Gasteiger partial charge on any atom is -0.508 e. The van der Waals surface area contributed by atoms with Crippen molar-refractivity contribution in [1.82, 2.24) is 0 Å². The van der Waals surface area contributed by atoms with Gasteiger partial charge in [-0.2, -0.15) is 0 Å². The highest BCUT2D eigenvalue weighted by Gasteiger charge is 2.35. The summed E-state index contributed by atoms with van der Waals surface area (Å²) in [7, 11) is 0. The average Bonchev–Trinajstić information content (AvgIpc) is 2.67. The van der Waals surface area contributed by atoms with E-state index in [0.717, 1.165) is 11.1 Å². The van der Waals surface area contributed by atoms with Crippen LogP contribution in [-0.4, -0.2) is 16.9 Å². The summed E-state index contributed by atoms with van der Waals surface area (Å²) < 4.78 is 0. The molecule has 1 N–H and O–H groups in total. The highest BCUT2D eigenvalue weighted by molar-refractivity contribution is 6.43. The summed E-state index contributed by atoms with van der Waals surface area (Å²) in [5.74, 6) is -0.537. The first kappa shape index (κ1) is 16.8. The van der Waals surface area contributed by atoms with Gasteiger partial charge in [-0.3, -0.25) is 9.59 Å². The lowest BCUT2D eigenvalue weighted by molar-refractivity contribution is -0.112. The number of carbonyl (C=O) groups is 2. The number of phenols is 1. The molecule has 0 atom stereocenters. The number of imide groups is 1. The molecule has 0 fully saturated rings. The predicted octanol–water partition coefficient (Wildman–Crippen LogP) is 4.43. The van der Waals surface area contributed by atoms with Crippen molar-refractivity contribution < 1.29 is 14.7 Å². The van der Waals surface area contributed by atoms with E-state index in [0.29, 0.717) is 22.4 Å². The van der Waals surface area contributed by atoms with E-state index in [1.165, 1.54) is 4.90 Å². The van der Waals surface area contributed by atoms with E-state index in [-0.39, 0.29) is 17.6 Å². The molecule has 27 heavy (non-hydrogen) atoms. The molecule has 2 amide bonds. The first-order valence-corrected chi connectivity index (χ1v) is 8.60. The molecule has 0 aliphatic carbocycles. The second-order valence-electron chi connectivity index (χ2n) is 6.48. The molecule has 4 heteroatoms. The van der Waals surface area contributed by atoms with Crippen LogP contribution >= 0.6 is 0 Å². The van der Waals surface area contributed by atoms with Gasteiger partial charge in [-0.1, -0.05) is 42.5 Å². The molecule has 1 aliphatic rings. The third-order valence-corrected chi connectivity index (χ3v) is 4.55. The topological polar surface area (TPSA) is 57.6 Å². The molecule has 0 spiro atoms. The molecule has 0 aromatic heterocycles. The number of phenolic OH excluding ortho intramolecular Hbond substituents is 1. The second kappa shape index (κ2) is 6.57. The Hall–Kier alpha value is -3.66. The molecule has 3 aromatic carbocycles. The Kier molecular flexibility index (Phi) is 4.09. The molecule has 0 saturated heterocycles. The zero-order valence-electron chi connectivity index (χ0n) is 14.7. The lowest BCUT2D eigenvalue weighted by Crippen LogP contribution is -2.41. The molecular formula is C23H17NO3. The van der Waals surface area contributed by atoms with Crippen molar-refractivity contribution in [2.45, 2.75) is 6.92 Å². The van der Waals surface area contributed by atoms with Gasteiger partial charge in [-0.15, -0.1) is 0 Å². The van der Waals surface area contributed by atoms with Crippen molar-refractivity contribution in [1.29, 1.82) is 0 Å². The summed E-state index contributed by atoms with van der Waals surface area (Å²) >= 11 is 0. The molecule has 4 nitrogen and oxygen atoms in total. The summed E-state index contributed by atoms with van der Waals surface area (Å²) in [5.41, 5.74) is 3.84. The number of amides is 2. The van der Waals surface area contributed by atoms with Gasteiger partial charge < -0.3 is 5.11 Å². The third kappa shape index (κ3) is 3.02. The fourth-order valence-electron chi connectivity index (χ4n) is 3.23. The van der Waals surface area contributed by atoms with Crippen LogP contribution in [0.15, 0.2) is 72.8 Å². The molecule has 1 aliphatic heterocycles. The van der Waals surface area contributed by atoms with Crippen LogP contribution in [0.25, 0.3) is 11.6 Å². The average molecular weight is 355 g/mol. The fourth-order valence-corrected chi connectivity index (χ4v) is 3.23. The van der Waals surface area contributed by atoms with Crippen LogP contribution in [0, 0.1) is 6.92 Å². The third-order valence-electron chi connectivity index (χ3n) is 4.55. The van der Waals surface area contributed by atoms with Gasteiger partial charge in [-0.05, 0) is 60.0 Å². The van der Waals surface area contributed by atoms with Crippen molar-refractivity contribution in [2.75, 3.05) is 4.90 Å². The van der Waals surface area contributed by atoms with Gasteiger partial charge in [0.25, 0.3) is 11.8 Å². The lowest BCUT2D eigenvalue weighted by Gasteiger charge is -2.29. The molecule has 4 rings (SSSR count). The maximum absolute atomic E-state index is 13.3. The van der Waals surface area contributed by atoms with Crippen LogP contribution in [0.4, 0.5) is 5.69 Å². The number of carbonyl (C=O) groups excluding carboxylic acids is 2. The van der Waals surface area contributed by atoms with E-state index in [2.05, 4.69) is 0 Å². The van der Waals surface area contributed by atoms with E-state index in [1.807, 2.05) is 31.2 Å². The Morgan fingerprint density at radius 3 is 2.22 bits per heavy atom. The summed E-state index contributed by atoms with van der Waals surface area (Å²) in [6.45, 7) is 1.92. The molecule has 132 valence electrons. The smallest absolute Gasteiger partial charge is 0.265 e. The highest BCUT2D eigenvalue weighted by Crippen LogP contribution is 2.33. The predicted molar refractivity (Wildman–Crippen MR) is 105 cm³/mol. The molecule has 1 heterocycles. The van der Waals surface area contributed by atoms with Crippen LogP contribution in [0.3, 0.4) is 0 Å². The van der Waals surface area contributed by atoms with Gasteiger partial charge in [0.1, 0.15) is 5.75 Å². The molecule has 0 unspecified atom stereocenters. The van der Waals surface area contributed by atoms with Crippen LogP contribution in [0.2, 0.25) is 0 Å². The summed E-state index contributed by atoms with van der Waals surface area (Å²) in [6, 6.07) is 21.0. The first-order chi connectivity index (χ1) is 13.0. The van der Waals surface area contributed by atoms with Crippen LogP contribution in [-0.2, 0) is 4.79 Å². The summed E-state index contributed by atoms with van der Waals surface area (Å²) in [6.07, 6.45) is 1.75. The molecule has 0 radical (unpaired) electrons. The fraction of sp³-hybridized carbons (Fsp3) is 0.0435. The SMILES string of the molecule is Cc1cccc(N2C(=O)C(=Cc3ccc(O)cc3)c3ccccc3C2=O)c1. The minimum absolute atomic E-state index is 0.157.